The van der Waals surface area contributed by atoms with E-state index in [1.807, 2.05) is 17.5 Å². The van der Waals surface area contributed by atoms with Crippen molar-refractivity contribution in [1.29, 1.82) is 0 Å². The molecule has 0 saturated carbocycles. The molecule has 18 heavy (non-hydrogen) atoms. The van der Waals surface area contributed by atoms with E-state index < -0.39 is 5.97 Å². The summed E-state index contributed by atoms with van der Waals surface area (Å²) >= 11 is 1.58. The van der Waals surface area contributed by atoms with Crippen LogP contribution >= 0.6 is 11.3 Å². The third-order valence-electron chi connectivity index (χ3n) is 2.29. The SMILES string of the molecule is COC(=O)c1ccnc(OCc2cccs2)c1N. The second-order valence-corrected chi connectivity index (χ2v) is 4.47. The summed E-state index contributed by atoms with van der Waals surface area (Å²) in [6.07, 6.45) is 1.46. The Labute approximate surface area is 108 Å². The molecule has 6 heteroatoms. The van der Waals surface area contributed by atoms with Gasteiger partial charge >= 0.3 is 5.97 Å². The van der Waals surface area contributed by atoms with Crippen molar-refractivity contribution < 1.29 is 14.3 Å². The predicted octanol–water partition coefficient (Wildman–Crippen LogP) is 2.09. The molecule has 2 N–H and O–H groups in total. The van der Waals surface area contributed by atoms with E-state index in [0.717, 1.165) is 4.88 Å². The third kappa shape index (κ3) is 2.60. The number of hydrogen-bond donors (Lipinski definition) is 1. The zero-order valence-corrected chi connectivity index (χ0v) is 10.6. The molecule has 5 nitrogen and oxygen atoms in total. The fraction of sp³-hybridized carbons (Fsp3) is 0.167. The quantitative estimate of drug-likeness (QED) is 0.856. The molecule has 2 rings (SSSR count). The van der Waals surface area contributed by atoms with Gasteiger partial charge in [0.2, 0.25) is 5.88 Å². The first-order valence-corrected chi connectivity index (χ1v) is 6.08. The molecule has 94 valence electrons. The number of anilines is 1. The average molecular weight is 264 g/mol. The molecule has 2 heterocycles. The lowest BCUT2D eigenvalue weighted by Gasteiger charge is -2.09. The summed E-state index contributed by atoms with van der Waals surface area (Å²) in [6, 6.07) is 5.38. The maximum absolute atomic E-state index is 11.4. The van der Waals surface area contributed by atoms with Crippen molar-refractivity contribution in [3.63, 3.8) is 0 Å². The van der Waals surface area contributed by atoms with Gasteiger partial charge in [-0.3, -0.25) is 0 Å². The Kier molecular flexibility index (Phi) is 3.78. The minimum absolute atomic E-state index is 0.195. The monoisotopic (exact) mass is 264 g/mol. The molecule has 0 bridgehead atoms. The van der Waals surface area contributed by atoms with Crippen molar-refractivity contribution in [1.82, 2.24) is 4.98 Å². The maximum atomic E-state index is 11.4. The minimum Gasteiger partial charge on any atom is -0.470 e. The van der Waals surface area contributed by atoms with E-state index in [2.05, 4.69) is 9.72 Å². The topological polar surface area (TPSA) is 74.4 Å². The van der Waals surface area contributed by atoms with Gasteiger partial charge in [0.05, 0.1) is 12.7 Å². The van der Waals surface area contributed by atoms with Gasteiger partial charge in [-0.1, -0.05) is 6.07 Å². The molecule has 2 aromatic heterocycles. The summed E-state index contributed by atoms with van der Waals surface area (Å²) in [7, 11) is 1.30. The number of carbonyl (C=O) groups excluding carboxylic acids is 1. The van der Waals surface area contributed by atoms with Crippen LogP contribution in [0.15, 0.2) is 29.8 Å². The van der Waals surface area contributed by atoms with Gasteiger partial charge in [0, 0.05) is 11.1 Å². The van der Waals surface area contributed by atoms with Crippen molar-refractivity contribution in [3.8, 4) is 5.88 Å². The molecule has 0 spiro atoms. The van der Waals surface area contributed by atoms with E-state index in [4.69, 9.17) is 10.5 Å². The first-order chi connectivity index (χ1) is 8.72. The maximum Gasteiger partial charge on any atom is 0.340 e. The van der Waals surface area contributed by atoms with Crippen molar-refractivity contribution in [2.45, 2.75) is 6.61 Å². The number of rotatable bonds is 4. The Bertz CT molecular complexity index is 540. The first kappa shape index (κ1) is 12.4. The summed E-state index contributed by atoms with van der Waals surface area (Å²) in [5, 5.41) is 1.96. The van der Waals surface area contributed by atoms with Gasteiger partial charge in [0.25, 0.3) is 0 Å². The van der Waals surface area contributed by atoms with Crippen LogP contribution in [0, 0.1) is 0 Å². The summed E-state index contributed by atoms with van der Waals surface area (Å²) in [4.78, 5) is 16.5. The van der Waals surface area contributed by atoms with Crippen LogP contribution < -0.4 is 10.5 Å². The second kappa shape index (κ2) is 5.50. The smallest absolute Gasteiger partial charge is 0.340 e. The van der Waals surface area contributed by atoms with Crippen LogP contribution in [-0.2, 0) is 11.3 Å². The predicted molar refractivity (Wildman–Crippen MR) is 68.6 cm³/mol. The molecular formula is C12H12N2O3S. The molecule has 0 amide bonds. The van der Waals surface area contributed by atoms with E-state index in [-0.39, 0.29) is 17.1 Å². The molecule has 0 aliphatic rings. The summed E-state index contributed by atoms with van der Waals surface area (Å²) in [6.45, 7) is 0.374. The van der Waals surface area contributed by atoms with E-state index >= 15 is 0 Å². The molecule has 0 radical (unpaired) electrons. The highest BCUT2D eigenvalue weighted by Gasteiger charge is 2.14. The largest absolute Gasteiger partial charge is 0.470 e. The molecule has 0 aromatic carbocycles. The van der Waals surface area contributed by atoms with E-state index in [0.29, 0.717) is 6.61 Å². The normalized spacial score (nSPS) is 10.1. The lowest BCUT2D eigenvalue weighted by atomic mass is 10.2. The van der Waals surface area contributed by atoms with Crippen molar-refractivity contribution >= 4 is 23.0 Å². The van der Waals surface area contributed by atoms with Crippen LogP contribution in [0.5, 0.6) is 5.88 Å². The number of nitrogen functional groups attached to an aromatic ring is 1. The lowest BCUT2D eigenvalue weighted by molar-refractivity contribution is 0.0601. The summed E-state index contributed by atoms with van der Waals surface area (Å²) < 4.78 is 10.1. The van der Waals surface area contributed by atoms with Crippen LogP contribution in [0.3, 0.4) is 0 Å². The van der Waals surface area contributed by atoms with Gasteiger partial charge in [-0.2, -0.15) is 0 Å². The number of aromatic nitrogens is 1. The highest BCUT2D eigenvalue weighted by Crippen LogP contribution is 2.24. The number of nitrogens with two attached hydrogens (primary N) is 1. The fourth-order valence-electron chi connectivity index (χ4n) is 1.39. The number of hydrogen-bond acceptors (Lipinski definition) is 6. The first-order valence-electron chi connectivity index (χ1n) is 5.20. The van der Waals surface area contributed by atoms with Crippen LogP contribution in [0.1, 0.15) is 15.2 Å². The molecule has 0 aliphatic carbocycles. The molecular weight excluding hydrogens is 252 g/mol. The highest BCUT2D eigenvalue weighted by atomic mass is 32.1. The van der Waals surface area contributed by atoms with Crippen LogP contribution in [0.25, 0.3) is 0 Å². The van der Waals surface area contributed by atoms with E-state index in [1.165, 1.54) is 19.4 Å². The number of esters is 1. The number of ether oxygens (including phenoxy) is 2. The highest BCUT2D eigenvalue weighted by molar-refractivity contribution is 7.09. The number of thiophene rings is 1. The number of nitrogens with zero attached hydrogens (tertiary/aromatic N) is 1. The van der Waals surface area contributed by atoms with Crippen molar-refractivity contribution in [2.75, 3.05) is 12.8 Å². The molecule has 0 unspecified atom stereocenters. The van der Waals surface area contributed by atoms with Gasteiger partial charge in [-0.15, -0.1) is 11.3 Å². The number of pyridine rings is 1. The zero-order chi connectivity index (χ0) is 13.0. The Hall–Kier alpha value is -2.08. The second-order valence-electron chi connectivity index (χ2n) is 3.44. The number of carbonyl (C=O) groups is 1. The van der Waals surface area contributed by atoms with Gasteiger partial charge < -0.3 is 15.2 Å². The molecule has 2 aromatic rings. The fourth-order valence-corrected chi connectivity index (χ4v) is 2.01. The summed E-state index contributed by atoms with van der Waals surface area (Å²) in [5.74, 6) is -0.262. The van der Waals surface area contributed by atoms with Crippen molar-refractivity contribution in [2.24, 2.45) is 0 Å². The van der Waals surface area contributed by atoms with Gasteiger partial charge in [-0.05, 0) is 17.5 Å². The third-order valence-corrected chi connectivity index (χ3v) is 3.14. The molecule has 0 saturated heterocycles. The average Bonchev–Trinajstić information content (AvgIpc) is 2.90. The lowest BCUT2D eigenvalue weighted by Crippen LogP contribution is -2.08. The Morgan fingerprint density at radius 2 is 2.33 bits per heavy atom. The standard InChI is InChI=1S/C12H12N2O3S/c1-16-12(15)9-4-5-14-11(10(9)13)17-7-8-3-2-6-18-8/h2-6H,7,13H2,1H3. The molecule has 0 atom stereocenters. The Balaban J connectivity index is 2.16. The molecule has 0 aliphatic heterocycles. The van der Waals surface area contributed by atoms with Crippen LogP contribution in [0.2, 0.25) is 0 Å². The van der Waals surface area contributed by atoms with Crippen LogP contribution in [-0.4, -0.2) is 18.1 Å². The van der Waals surface area contributed by atoms with E-state index in [9.17, 15) is 4.79 Å². The van der Waals surface area contributed by atoms with Crippen molar-refractivity contribution in [3.05, 3.63) is 40.2 Å². The van der Waals surface area contributed by atoms with Gasteiger partial charge in [0.15, 0.2) is 0 Å². The Morgan fingerprint density at radius 1 is 1.50 bits per heavy atom. The van der Waals surface area contributed by atoms with E-state index in [1.54, 1.807) is 11.3 Å². The molecule has 0 fully saturated rings. The number of methoxy groups -OCH3 is 1. The zero-order valence-electron chi connectivity index (χ0n) is 9.75. The Morgan fingerprint density at radius 3 is 3.00 bits per heavy atom. The summed E-state index contributed by atoms with van der Waals surface area (Å²) in [5.41, 5.74) is 6.27. The van der Waals surface area contributed by atoms with Crippen LogP contribution in [0.4, 0.5) is 5.69 Å². The van der Waals surface area contributed by atoms with Gasteiger partial charge in [0.1, 0.15) is 12.3 Å². The minimum atomic E-state index is -0.504. The van der Waals surface area contributed by atoms with Gasteiger partial charge in [-0.25, -0.2) is 9.78 Å².